The van der Waals surface area contributed by atoms with Crippen LogP contribution in [-0.4, -0.2) is 11.4 Å². The zero-order valence-corrected chi connectivity index (χ0v) is 53.1. The minimum Gasteiger partial charge on any atom is -0.376 e. The summed E-state index contributed by atoms with van der Waals surface area (Å²) in [6, 6.07) is 70.8. The maximum absolute atomic E-state index is 2.82. The van der Waals surface area contributed by atoms with Crippen LogP contribution in [0, 0.1) is 6.92 Å². The molecule has 0 fully saturated rings. The number of anilines is 8. The number of hydrogen-bond acceptors (Lipinski definition) is 3. The number of hydrogen-bond donors (Lipinski definition) is 0. The molecular formula is C79H85BN4. The van der Waals surface area contributed by atoms with Crippen molar-refractivity contribution in [2.75, 3.05) is 14.6 Å². The Kier molecular flexibility index (Phi) is 12.6. The summed E-state index contributed by atoms with van der Waals surface area (Å²) in [7, 11) is 0. The van der Waals surface area contributed by atoms with Gasteiger partial charge in [-0.15, -0.1) is 0 Å². The molecular weight excluding hydrogens is 1020 g/mol. The third-order valence-corrected chi connectivity index (χ3v) is 19.3. The molecule has 2 aliphatic heterocycles. The van der Waals surface area contributed by atoms with Crippen molar-refractivity contribution in [2.45, 2.75) is 163 Å². The van der Waals surface area contributed by atoms with Gasteiger partial charge in [0, 0.05) is 67.5 Å². The Balaban J connectivity index is 1.19. The van der Waals surface area contributed by atoms with Crippen molar-refractivity contribution < 1.29 is 0 Å². The molecule has 0 spiro atoms. The van der Waals surface area contributed by atoms with Crippen LogP contribution in [0.15, 0.2) is 182 Å². The molecule has 9 aromatic carbocycles. The van der Waals surface area contributed by atoms with Gasteiger partial charge in [0.05, 0.1) is 11.0 Å². The first-order chi connectivity index (χ1) is 39.6. The molecule has 0 bridgehead atoms. The molecule has 0 N–H and O–H groups in total. The third-order valence-electron chi connectivity index (χ3n) is 19.3. The van der Waals surface area contributed by atoms with Gasteiger partial charge in [-0.25, -0.2) is 0 Å². The Bertz CT molecular complexity index is 4130. The number of fused-ring (bicyclic) bond motifs is 8. The van der Waals surface area contributed by atoms with Crippen molar-refractivity contribution in [2.24, 2.45) is 0 Å². The van der Waals surface area contributed by atoms with Crippen molar-refractivity contribution in [3.05, 3.63) is 221 Å². The number of nitrogens with zero attached hydrogens (tertiary/aromatic N) is 4. The molecule has 10 aromatic rings. The Hall–Kier alpha value is -7.76. The lowest BCUT2D eigenvalue weighted by Gasteiger charge is -2.46. The maximum atomic E-state index is 2.82. The number of para-hydroxylation sites is 2. The maximum Gasteiger partial charge on any atom is 0.333 e. The average molecular weight is 1100 g/mol. The smallest absolute Gasteiger partial charge is 0.333 e. The van der Waals surface area contributed by atoms with Gasteiger partial charge in [0.2, 0.25) is 0 Å². The lowest BCUT2D eigenvalue weighted by molar-refractivity contribution is 0.332. The van der Waals surface area contributed by atoms with Crippen molar-refractivity contribution in [3.8, 4) is 16.8 Å². The molecule has 0 amide bonds. The molecule has 0 saturated heterocycles. The Morgan fingerprint density at radius 3 is 1.39 bits per heavy atom. The predicted molar refractivity (Wildman–Crippen MR) is 364 cm³/mol. The van der Waals surface area contributed by atoms with Gasteiger partial charge in [0.1, 0.15) is 0 Å². The molecule has 0 saturated carbocycles. The Labute approximate surface area is 502 Å². The molecule has 424 valence electrons. The van der Waals surface area contributed by atoms with E-state index in [-0.39, 0.29) is 39.3 Å². The number of aromatic nitrogens is 1. The summed E-state index contributed by atoms with van der Waals surface area (Å²) in [5.41, 5.74) is 27.6. The van der Waals surface area contributed by atoms with Gasteiger partial charge in [0.25, 0.3) is 0 Å². The number of rotatable bonds is 7. The fourth-order valence-corrected chi connectivity index (χ4v) is 14.1. The molecule has 3 heterocycles. The van der Waals surface area contributed by atoms with Crippen LogP contribution in [-0.2, 0) is 32.5 Å². The van der Waals surface area contributed by atoms with Crippen molar-refractivity contribution in [1.29, 1.82) is 0 Å². The molecule has 0 radical (unpaired) electrons. The van der Waals surface area contributed by atoms with Gasteiger partial charge < -0.3 is 19.2 Å². The van der Waals surface area contributed by atoms with Crippen LogP contribution in [0.4, 0.5) is 45.5 Å². The van der Waals surface area contributed by atoms with Crippen LogP contribution in [0.5, 0.6) is 0 Å². The number of aryl methyl sites for hydroxylation is 1. The van der Waals surface area contributed by atoms with Crippen LogP contribution in [0.25, 0.3) is 38.6 Å². The Morgan fingerprint density at radius 2 is 0.857 bits per heavy atom. The first-order valence-electron chi connectivity index (χ1n) is 30.9. The molecule has 3 aliphatic rings. The van der Waals surface area contributed by atoms with Crippen molar-refractivity contribution in [3.63, 3.8) is 0 Å². The van der Waals surface area contributed by atoms with E-state index < -0.39 is 0 Å². The second-order valence-electron chi connectivity index (χ2n) is 30.3. The van der Waals surface area contributed by atoms with Crippen LogP contribution >= 0.6 is 0 Å². The van der Waals surface area contributed by atoms with E-state index in [0.717, 1.165) is 47.0 Å². The summed E-state index contributed by atoms with van der Waals surface area (Å²) in [4.78, 5) is 7.78. The first kappa shape index (κ1) is 55.4. The van der Waals surface area contributed by atoms with E-state index in [4.69, 9.17) is 0 Å². The zero-order valence-electron chi connectivity index (χ0n) is 53.1. The minimum atomic E-state index is -0.195. The second-order valence-corrected chi connectivity index (χ2v) is 30.3. The van der Waals surface area contributed by atoms with Crippen molar-refractivity contribution in [1.82, 2.24) is 4.57 Å². The number of benzene rings is 9. The summed E-state index contributed by atoms with van der Waals surface area (Å²) in [5.74, 6) is 0. The molecule has 84 heavy (non-hydrogen) atoms. The molecule has 1 aromatic heterocycles. The van der Waals surface area contributed by atoms with Gasteiger partial charge in [-0.05, 0) is 205 Å². The summed E-state index contributed by atoms with van der Waals surface area (Å²) >= 11 is 0. The van der Waals surface area contributed by atoms with Crippen molar-refractivity contribution >= 4 is 85.1 Å². The van der Waals surface area contributed by atoms with Crippen LogP contribution in [0.3, 0.4) is 0 Å². The average Bonchev–Trinajstić information content (AvgIpc) is 1.31. The highest BCUT2D eigenvalue weighted by Crippen LogP contribution is 2.54. The molecule has 5 heteroatoms. The van der Waals surface area contributed by atoms with E-state index in [9.17, 15) is 0 Å². The van der Waals surface area contributed by atoms with Gasteiger partial charge in [-0.3, -0.25) is 0 Å². The van der Waals surface area contributed by atoms with Gasteiger partial charge >= 0.3 is 6.85 Å². The lowest BCUT2D eigenvalue weighted by atomic mass is 9.43. The molecule has 13 rings (SSSR count). The van der Waals surface area contributed by atoms with Gasteiger partial charge in [0.15, 0.2) is 0 Å². The molecule has 1 aliphatic carbocycles. The largest absolute Gasteiger partial charge is 0.376 e. The van der Waals surface area contributed by atoms with E-state index in [2.05, 4.69) is 319 Å². The van der Waals surface area contributed by atoms with Gasteiger partial charge in [-0.1, -0.05) is 196 Å². The SMILES string of the molecule is Cc1cc2c(cc1N1B3c4c(cc(N(c5ccccc5)c5ccccc5)cc4-n4c5ccc(C(C)(C)C)cc5c5cc(C(C)(C)C)cc3c54)-c3ccc(N(c4ccc(C(C)(C)C)cc4)c4ccc(C(C)(C)C)cc4)cc31)C(C)(C)CCC2(C)C. The standard InChI is InChI=1S/C79H85BN4/c1-50-42-65-66(79(16,17)41-40-78(65,14)15)49-69(50)84-70-47-59(81(57-33-28-51(29-34-57)74(2,3)4)58-35-30-52(31-36-58)75(5,6)7)37-38-61(70)63-46-60(82(55-24-20-18-21-25-55)56-26-22-19-23-27-56)48-71-72(63)80(84)67-45-54(77(11,12)13)44-64-62-43-53(76(8,9)10)32-39-68(62)83(71)73(64)67/h18-39,42-49H,40-41H2,1-17H3. The van der Waals surface area contributed by atoms with E-state index in [0.29, 0.717) is 0 Å². The molecule has 4 nitrogen and oxygen atoms in total. The highest BCUT2D eigenvalue weighted by molar-refractivity contribution is 6.93. The van der Waals surface area contributed by atoms with Crippen LogP contribution < -0.4 is 25.5 Å². The minimum absolute atomic E-state index is 0.0114. The predicted octanol–water partition coefficient (Wildman–Crippen LogP) is 20.8. The van der Waals surface area contributed by atoms with Crippen LogP contribution in [0.2, 0.25) is 0 Å². The summed E-state index contributed by atoms with van der Waals surface area (Å²) < 4.78 is 2.67. The highest BCUT2D eigenvalue weighted by Gasteiger charge is 2.47. The Morgan fingerprint density at radius 1 is 0.393 bits per heavy atom. The third kappa shape index (κ3) is 9.10. The fraction of sp³-hybridized carbons (Fsp3) is 0.316. The molecule has 0 unspecified atom stereocenters. The lowest BCUT2D eigenvalue weighted by Crippen LogP contribution is -2.61. The quantitative estimate of drug-likeness (QED) is 0.148. The van der Waals surface area contributed by atoms with Crippen LogP contribution in [0.1, 0.15) is 163 Å². The zero-order chi connectivity index (χ0) is 59.4. The topological polar surface area (TPSA) is 14.7 Å². The summed E-state index contributed by atoms with van der Waals surface area (Å²) in [5, 5.41) is 2.61. The van der Waals surface area contributed by atoms with E-state index in [1.54, 1.807) is 0 Å². The second kappa shape index (κ2) is 19.1. The summed E-state index contributed by atoms with van der Waals surface area (Å²) in [6.45, 7) is 40.2. The highest BCUT2D eigenvalue weighted by atomic mass is 15.2. The van der Waals surface area contributed by atoms with E-state index >= 15 is 0 Å². The van der Waals surface area contributed by atoms with Gasteiger partial charge in [-0.2, -0.15) is 0 Å². The van der Waals surface area contributed by atoms with E-state index in [1.807, 2.05) is 0 Å². The normalized spacial score (nSPS) is 15.2. The monoisotopic (exact) mass is 1100 g/mol. The first-order valence-corrected chi connectivity index (χ1v) is 30.9. The van der Waals surface area contributed by atoms with E-state index in [1.165, 1.54) is 99.9 Å². The fourth-order valence-electron chi connectivity index (χ4n) is 14.1. The summed E-state index contributed by atoms with van der Waals surface area (Å²) in [6.07, 6.45) is 2.30. The molecule has 0 atom stereocenters.